The number of carbonyl (C=O) groups excluding carboxylic acids is 3. The van der Waals surface area contributed by atoms with Crippen LogP contribution in [0.2, 0.25) is 0 Å². The molecule has 1 aromatic carbocycles. The van der Waals surface area contributed by atoms with Crippen LogP contribution in [0.1, 0.15) is 19.4 Å². The fourth-order valence-electron chi connectivity index (χ4n) is 2.66. The van der Waals surface area contributed by atoms with Crippen LogP contribution in [0, 0.1) is 6.92 Å². The second-order valence-corrected chi connectivity index (χ2v) is 8.43. The molecule has 1 N–H and O–H groups in total. The number of carbonyl (C=O) groups is 3. The molecule has 10 heteroatoms. The summed E-state index contributed by atoms with van der Waals surface area (Å²) in [6.45, 7) is 5.23. The van der Waals surface area contributed by atoms with E-state index >= 15 is 0 Å². The van der Waals surface area contributed by atoms with Crippen molar-refractivity contribution in [1.82, 2.24) is 15.1 Å². The van der Waals surface area contributed by atoms with Gasteiger partial charge in [0.15, 0.2) is 4.34 Å². The van der Waals surface area contributed by atoms with Crippen LogP contribution in [0.3, 0.4) is 0 Å². The summed E-state index contributed by atoms with van der Waals surface area (Å²) in [6.07, 6.45) is 0. The molecule has 1 aliphatic heterocycles. The third-order valence-electron chi connectivity index (χ3n) is 3.98. The summed E-state index contributed by atoms with van der Waals surface area (Å²) in [7, 11) is 0. The predicted octanol–water partition coefficient (Wildman–Crippen LogP) is 2.75. The van der Waals surface area contributed by atoms with Gasteiger partial charge in [0.05, 0.1) is 0 Å². The van der Waals surface area contributed by atoms with Crippen molar-refractivity contribution in [2.45, 2.75) is 31.2 Å². The predicted molar refractivity (Wildman–Crippen MR) is 105 cm³/mol. The number of amides is 4. The van der Waals surface area contributed by atoms with Gasteiger partial charge in [0.25, 0.3) is 5.91 Å². The van der Waals surface area contributed by atoms with Crippen molar-refractivity contribution in [1.29, 1.82) is 0 Å². The van der Waals surface area contributed by atoms with Crippen LogP contribution in [-0.2, 0) is 9.59 Å². The van der Waals surface area contributed by atoms with Gasteiger partial charge in [0, 0.05) is 5.69 Å². The first-order valence-electron chi connectivity index (χ1n) is 8.38. The van der Waals surface area contributed by atoms with E-state index in [9.17, 15) is 14.4 Å². The molecule has 8 nitrogen and oxygen atoms in total. The average Bonchev–Trinajstić information content (AvgIpc) is 3.15. The van der Waals surface area contributed by atoms with Crippen molar-refractivity contribution < 1.29 is 14.4 Å². The molecule has 0 unspecified atom stereocenters. The van der Waals surface area contributed by atoms with E-state index in [1.807, 2.05) is 26.0 Å². The normalized spacial score (nSPS) is 16.9. The number of aromatic nitrogens is 2. The Bertz CT molecular complexity index is 868. The van der Waals surface area contributed by atoms with Gasteiger partial charge in [-0.1, -0.05) is 47.7 Å². The number of hydrogen-bond acceptors (Lipinski definition) is 7. The maximum atomic E-state index is 12.7. The zero-order valence-corrected chi connectivity index (χ0v) is 16.8. The summed E-state index contributed by atoms with van der Waals surface area (Å²) in [4.78, 5) is 39.8. The Kier molecular flexibility index (Phi) is 5.76. The van der Waals surface area contributed by atoms with Gasteiger partial charge in [0.2, 0.25) is 11.0 Å². The molecule has 1 fully saturated rings. The van der Waals surface area contributed by atoms with Crippen molar-refractivity contribution >= 4 is 51.8 Å². The molecule has 0 bridgehead atoms. The van der Waals surface area contributed by atoms with E-state index in [0.717, 1.165) is 20.6 Å². The molecule has 0 radical (unpaired) electrons. The maximum absolute atomic E-state index is 12.7. The van der Waals surface area contributed by atoms with E-state index in [4.69, 9.17) is 0 Å². The molecule has 1 aromatic heterocycles. The van der Waals surface area contributed by atoms with Crippen molar-refractivity contribution in [3.8, 4) is 0 Å². The first-order valence-corrected chi connectivity index (χ1v) is 10.2. The molecule has 27 heavy (non-hydrogen) atoms. The van der Waals surface area contributed by atoms with E-state index in [-0.39, 0.29) is 6.54 Å². The van der Waals surface area contributed by atoms with E-state index in [1.165, 1.54) is 28.0 Å². The average molecular weight is 406 g/mol. The first-order chi connectivity index (χ1) is 12.9. The Morgan fingerprint density at radius 2 is 1.96 bits per heavy atom. The van der Waals surface area contributed by atoms with Gasteiger partial charge in [-0.05, 0) is 31.7 Å². The van der Waals surface area contributed by atoms with Crippen LogP contribution in [0.4, 0.5) is 15.6 Å². The Morgan fingerprint density at radius 1 is 1.26 bits per heavy atom. The van der Waals surface area contributed by atoms with Gasteiger partial charge in [-0.15, -0.1) is 10.2 Å². The van der Waals surface area contributed by atoms with E-state index < -0.39 is 23.9 Å². The second kappa shape index (κ2) is 8.05. The summed E-state index contributed by atoms with van der Waals surface area (Å²) in [5.41, 5.74) is 1.68. The van der Waals surface area contributed by atoms with Crippen LogP contribution in [0.5, 0.6) is 0 Å². The summed E-state index contributed by atoms with van der Waals surface area (Å²) in [5, 5.41) is 10.8. The minimum Gasteiger partial charge on any atom is -0.299 e. The molecular formula is C17H19N5O3S2. The molecule has 1 aliphatic rings. The Hall–Kier alpha value is -2.46. The number of rotatable bonds is 6. The summed E-state index contributed by atoms with van der Waals surface area (Å²) < 4.78 is 0.750. The smallest absolute Gasteiger partial charge is 0.299 e. The molecule has 0 spiro atoms. The molecule has 2 heterocycles. The van der Waals surface area contributed by atoms with Crippen molar-refractivity contribution in [3.63, 3.8) is 0 Å². The van der Waals surface area contributed by atoms with Gasteiger partial charge >= 0.3 is 6.03 Å². The second-order valence-electron chi connectivity index (χ2n) is 5.94. The first kappa shape index (κ1) is 19.3. The van der Waals surface area contributed by atoms with Gasteiger partial charge in [-0.2, -0.15) is 0 Å². The number of nitrogens with zero attached hydrogens (tertiary/aromatic N) is 4. The van der Waals surface area contributed by atoms with Crippen LogP contribution >= 0.6 is 23.1 Å². The SMILES string of the molecule is CCSc1nnc(NC(=O)CN2C(=O)[C@H](C)N(c3ccc(C)cc3)C2=O)s1. The number of benzene rings is 1. The summed E-state index contributed by atoms with van der Waals surface area (Å²) in [6, 6.07) is 6.14. The minimum absolute atomic E-state index is 0.346. The fraction of sp³-hybridized carbons (Fsp3) is 0.353. The number of anilines is 2. The number of hydrogen-bond donors (Lipinski definition) is 1. The molecule has 3 rings (SSSR count). The highest BCUT2D eigenvalue weighted by Gasteiger charge is 2.44. The lowest BCUT2D eigenvalue weighted by Crippen LogP contribution is -2.39. The van der Waals surface area contributed by atoms with E-state index in [2.05, 4.69) is 15.5 Å². The molecule has 4 amide bonds. The lowest BCUT2D eigenvalue weighted by atomic mass is 10.2. The molecule has 0 aliphatic carbocycles. The number of thioether (sulfide) groups is 1. The monoisotopic (exact) mass is 405 g/mol. The van der Waals surface area contributed by atoms with Crippen LogP contribution in [-0.4, -0.2) is 51.3 Å². The zero-order chi connectivity index (χ0) is 19.6. The summed E-state index contributed by atoms with van der Waals surface area (Å²) in [5.74, 6) is -0.0411. The zero-order valence-electron chi connectivity index (χ0n) is 15.1. The van der Waals surface area contributed by atoms with Gasteiger partial charge < -0.3 is 0 Å². The molecule has 0 saturated carbocycles. The van der Waals surface area contributed by atoms with Gasteiger partial charge in [0.1, 0.15) is 12.6 Å². The lowest BCUT2D eigenvalue weighted by Gasteiger charge is -2.19. The molecular weight excluding hydrogens is 386 g/mol. The quantitative estimate of drug-likeness (QED) is 0.451. The molecule has 2 aromatic rings. The van der Waals surface area contributed by atoms with Gasteiger partial charge in [-0.25, -0.2) is 4.79 Å². The van der Waals surface area contributed by atoms with Crippen molar-refractivity contribution in [2.75, 3.05) is 22.5 Å². The fourth-order valence-corrected chi connectivity index (χ4v) is 4.32. The third kappa shape index (κ3) is 4.11. The standard InChI is InChI=1S/C17H19N5O3S2/c1-4-26-16-20-19-15(27-16)18-13(23)9-21-14(24)11(3)22(17(21)25)12-7-5-10(2)6-8-12/h5-8,11H,4,9H2,1-3H3,(H,18,19,23)/t11-/m0/s1. The maximum Gasteiger partial charge on any atom is 0.332 e. The number of imide groups is 1. The molecule has 1 atom stereocenters. The number of urea groups is 1. The van der Waals surface area contributed by atoms with Crippen molar-refractivity contribution in [2.24, 2.45) is 0 Å². The Balaban J connectivity index is 1.68. The van der Waals surface area contributed by atoms with Crippen LogP contribution < -0.4 is 10.2 Å². The minimum atomic E-state index is -0.665. The number of aryl methyl sites for hydroxylation is 1. The van der Waals surface area contributed by atoms with Crippen LogP contribution in [0.15, 0.2) is 28.6 Å². The van der Waals surface area contributed by atoms with Gasteiger partial charge in [-0.3, -0.25) is 24.7 Å². The highest BCUT2D eigenvalue weighted by atomic mass is 32.2. The van der Waals surface area contributed by atoms with Crippen molar-refractivity contribution in [3.05, 3.63) is 29.8 Å². The lowest BCUT2D eigenvalue weighted by molar-refractivity contribution is -0.130. The third-order valence-corrected chi connectivity index (χ3v) is 5.84. The number of nitrogens with one attached hydrogen (secondary N) is 1. The largest absolute Gasteiger partial charge is 0.332 e. The van der Waals surface area contributed by atoms with E-state index in [1.54, 1.807) is 19.1 Å². The Labute approximate surface area is 164 Å². The molecule has 1 saturated heterocycles. The van der Waals surface area contributed by atoms with E-state index in [0.29, 0.717) is 10.8 Å². The topological polar surface area (TPSA) is 95.5 Å². The highest BCUT2D eigenvalue weighted by molar-refractivity contribution is 8.01. The summed E-state index contributed by atoms with van der Waals surface area (Å²) >= 11 is 2.78. The van der Waals surface area contributed by atoms with Crippen LogP contribution in [0.25, 0.3) is 0 Å². The Morgan fingerprint density at radius 3 is 2.63 bits per heavy atom. The highest BCUT2D eigenvalue weighted by Crippen LogP contribution is 2.27. The molecule has 142 valence electrons.